The summed E-state index contributed by atoms with van der Waals surface area (Å²) >= 11 is 0. The van der Waals surface area contributed by atoms with Crippen LogP contribution < -0.4 is 21.1 Å². The highest BCUT2D eigenvalue weighted by Gasteiger charge is 2.19. The van der Waals surface area contributed by atoms with Crippen LogP contribution in [0.2, 0.25) is 0 Å². The Hall–Kier alpha value is -2.08. The van der Waals surface area contributed by atoms with E-state index < -0.39 is 6.04 Å². The quantitative estimate of drug-likeness (QED) is 0.756. The number of ether oxygens (including phenoxy) is 1. The monoisotopic (exact) mass is 263 g/mol. The highest BCUT2D eigenvalue weighted by molar-refractivity contribution is 5.98. The summed E-state index contributed by atoms with van der Waals surface area (Å²) in [6, 6.07) is 4.49. The molecule has 0 saturated carbocycles. The summed E-state index contributed by atoms with van der Waals surface area (Å²) < 4.78 is 5.23. The molecule has 1 heterocycles. The van der Waals surface area contributed by atoms with Crippen molar-refractivity contribution in [2.75, 3.05) is 17.2 Å². The van der Waals surface area contributed by atoms with Crippen LogP contribution in [0, 0.1) is 5.92 Å². The lowest BCUT2D eigenvalue weighted by atomic mass is 10.0. The van der Waals surface area contributed by atoms with E-state index in [0.29, 0.717) is 17.1 Å². The Kier molecular flexibility index (Phi) is 3.71. The van der Waals surface area contributed by atoms with Gasteiger partial charge in [0.1, 0.15) is 5.75 Å². The van der Waals surface area contributed by atoms with Gasteiger partial charge in [0, 0.05) is 5.69 Å². The van der Waals surface area contributed by atoms with Gasteiger partial charge in [-0.2, -0.15) is 0 Å². The first kappa shape index (κ1) is 13.4. The molecule has 0 spiro atoms. The average Bonchev–Trinajstić information content (AvgIpc) is 2.37. The maximum Gasteiger partial charge on any atom is 0.262 e. The minimum atomic E-state index is -0.568. The van der Waals surface area contributed by atoms with E-state index in [-0.39, 0.29) is 24.3 Å². The van der Waals surface area contributed by atoms with Crippen LogP contribution in [0.3, 0.4) is 0 Å². The van der Waals surface area contributed by atoms with Gasteiger partial charge in [-0.05, 0) is 24.1 Å². The molecule has 2 rings (SSSR count). The van der Waals surface area contributed by atoms with Crippen molar-refractivity contribution >= 4 is 23.2 Å². The minimum absolute atomic E-state index is 0.0108. The molecule has 1 aromatic carbocycles. The molecular weight excluding hydrogens is 246 g/mol. The summed E-state index contributed by atoms with van der Waals surface area (Å²) in [4.78, 5) is 23.0. The van der Waals surface area contributed by atoms with Crippen molar-refractivity contribution in [2.24, 2.45) is 11.7 Å². The largest absolute Gasteiger partial charge is 0.482 e. The van der Waals surface area contributed by atoms with Crippen molar-refractivity contribution in [3.63, 3.8) is 0 Å². The molecule has 19 heavy (non-hydrogen) atoms. The lowest BCUT2D eigenvalue weighted by Gasteiger charge is -2.20. The fraction of sp³-hybridized carbons (Fsp3) is 0.385. The van der Waals surface area contributed by atoms with Crippen molar-refractivity contribution in [1.82, 2.24) is 0 Å². The van der Waals surface area contributed by atoms with Gasteiger partial charge in [-0.25, -0.2) is 0 Å². The van der Waals surface area contributed by atoms with Crippen molar-refractivity contribution < 1.29 is 14.3 Å². The highest BCUT2D eigenvalue weighted by Crippen LogP contribution is 2.30. The maximum absolute atomic E-state index is 11.8. The molecule has 0 unspecified atom stereocenters. The first-order chi connectivity index (χ1) is 8.97. The van der Waals surface area contributed by atoms with Crippen LogP contribution in [0.1, 0.15) is 13.8 Å². The number of carbonyl (C=O) groups excluding carboxylic acids is 2. The van der Waals surface area contributed by atoms with Crippen LogP contribution in [0.5, 0.6) is 5.75 Å². The van der Waals surface area contributed by atoms with Crippen LogP contribution in [0.4, 0.5) is 11.4 Å². The van der Waals surface area contributed by atoms with E-state index in [0.717, 1.165) is 0 Å². The number of hydrogen-bond acceptors (Lipinski definition) is 4. The van der Waals surface area contributed by atoms with Crippen LogP contribution in [0.25, 0.3) is 0 Å². The number of benzene rings is 1. The van der Waals surface area contributed by atoms with Crippen LogP contribution in [-0.4, -0.2) is 24.5 Å². The molecule has 102 valence electrons. The Bertz CT molecular complexity index is 514. The zero-order chi connectivity index (χ0) is 14.0. The van der Waals surface area contributed by atoms with Gasteiger partial charge in [0.05, 0.1) is 11.7 Å². The van der Waals surface area contributed by atoms with E-state index in [1.54, 1.807) is 18.2 Å². The van der Waals surface area contributed by atoms with Crippen molar-refractivity contribution in [3.05, 3.63) is 18.2 Å². The zero-order valence-electron chi connectivity index (χ0n) is 10.9. The third-order valence-electron chi connectivity index (χ3n) is 2.90. The lowest BCUT2D eigenvalue weighted by Crippen LogP contribution is -2.39. The van der Waals surface area contributed by atoms with Gasteiger partial charge in [0.25, 0.3) is 5.91 Å². The number of hydrogen-bond donors (Lipinski definition) is 3. The van der Waals surface area contributed by atoms with Crippen molar-refractivity contribution in [1.29, 1.82) is 0 Å². The molecular formula is C13H17N3O3. The van der Waals surface area contributed by atoms with E-state index in [1.165, 1.54) is 0 Å². The summed E-state index contributed by atoms with van der Waals surface area (Å²) in [7, 11) is 0. The third-order valence-corrected chi connectivity index (χ3v) is 2.90. The van der Waals surface area contributed by atoms with E-state index >= 15 is 0 Å². The van der Waals surface area contributed by atoms with Gasteiger partial charge in [0.15, 0.2) is 6.61 Å². The lowest BCUT2D eigenvalue weighted by molar-refractivity contribution is -0.119. The Morgan fingerprint density at radius 1 is 1.47 bits per heavy atom. The first-order valence-electron chi connectivity index (χ1n) is 6.10. The fourth-order valence-electron chi connectivity index (χ4n) is 1.69. The molecule has 1 aliphatic heterocycles. The normalized spacial score (nSPS) is 15.3. The molecule has 1 atom stereocenters. The molecule has 1 aliphatic rings. The SMILES string of the molecule is CC(C)[C@H](N)C(=O)Nc1ccc2c(c1)NC(=O)CO2. The van der Waals surface area contributed by atoms with Crippen LogP contribution in [0.15, 0.2) is 18.2 Å². The molecule has 1 aromatic rings. The molecule has 0 radical (unpaired) electrons. The Morgan fingerprint density at radius 3 is 2.89 bits per heavy atom. The summed E-state index contributed by atoms with van der Waals surface area (Å²) in [6.07, 6.45) is 0. The Labute approximate surface area is 111 Å². The summed E-state index contributed by atoms with van der Waals surface area (Å²) in [5.74, 6) is 0.180. The number of anilines is 2. The second-order valence-electron chi connectivity index (χ2n) is 4.81. The average molecular weight is 263 g/mol. The number of nitrogens with one attached hydrogen (secondary N) is 2. The molecule has 0 bridgehead atoms. The van der Waals surface area contributed by atoms with Crippen molar-refractivity contribution in [2.45, 2.75) is 19.9 Å². The molecule has 4 N–H and O–H groups in total. The molecule has 0 aromatic heterocycles. The first-order valence-corrected chi connectivity index (χ1v) is 6.10. The third kappa shape index (κ3) is 3.03. The second-order valence-corrected chi connectivity index (χ2v) is 4.81. The standard InChI is InChI=1S/C13H17N3O3/c1-7(2)12(14)13(18)15-8-3-4-10-9(5-8)16-11(17)6-19-10/h3-5,7,12H,6,14H2,1-2H3,(H,15,18)(H,16,17)/t12-/m0/s1. The molecule has 6 heteroatoms. The zero-order valence-corrected chi connectivity index (χ0v) is 10.9. The van der Waals surface area contributed by atoms with Gasteiger partial charge in [-0.15, -0.1) is 0 Å². The van der Waals surface area contributed by atoms with E-state index in [1.807, 2.05) is 13.8 Å². The minimum Gasteiger partial charge on any atom is -0.482 e. The van der Waals surface area contributed by atoms with E-state index in [4.69, 9.17) is 10.5 Å². The molecule has 0 fully saturated rings. The number of rotatable bonds is 3. The second kappa shape index (κ2) is 5.27. The number of amides is 2. The van der Waals surface area contributed by atoms with Gasteiger partial charge < -0.3 is 21.1 Å². The molecule has 0 aliphatic carbocycles. The van der Waals surface area contributed by atoms with Gasteiger partial charge in [0.2, 0.25) is 5.91 Å². The fourth-order valence-corrected chi connectivity index (χ4v) is 1.69. The van der Waals surface area contributed by atoms with Crippen LogP contribution in [-0.2, 0) is 9.59 Å². The number of nitrogens with two attached hydrogens (primary N) is 1. The van der Waals surface area contributed by atoms with Crippen LogP contribution >= 0.6 is 0 Å². The maximum atomic E-state index is 11.8. The Morgan fingerprint density at radius 2 is 2.21 bits per heavy atom. The van der Waals surface area contributed by atoms with E-state index in [9.17, 15) is 9.59 Å². The smallest absolute Gasteiger partial charge is 0.262 e. The predicted octanol–water partition coefficient (Wildman–Crippen LogP) is 0.939. The van der Waals surface area contributed by atoms with E-state index in [2.05, 4.69) is 10.6 Å². The molecule has 0 saturated heterocycles. The Balaban J connectivity index is 2.12. The van der Waals surface area contributed by atoms with Gasteiger partial charge in [-0.3, -0.25) is 9.59 Å². The summed E-state index contributed by atoms with van der Waals surface area (Å²) in [5, 5.41) is 5.40. The summed E-state index contributed by atoms with van der Waals surface area (Å²) in [6.45, 7) is 3.77. The van der Waals surface area contributed by atoms with Crippen molar-refractivity contribution in [3.8, 4) is 5.75 Å². The summed E-state index contributed by atoms with van der Waals surface area (Å²) in [5.41, 5.74) is 6.88. The van der Waals surface area contributed by atoms with Gasteiger partial charge in [-0.1, -0.05) is 13.8 Å². The number of carbonyl (C=O) groups is 2. The predicted molar refractivity (Wildman–Crippen MR) is 72.0 cm³/mol. The molecule has 2 amide bonds. The topological polar surface area (TPSA) is 93.5 Å². The number of fused-ring (bicyclic) bond motifs is 1. The van der Waals surface area contributed by atoms with Gasteiger partial charge >= 0.3 is 0 Å². The highest BCUT2D eigenvalue weighted by atomic mass is 16.5. The molecule has 6 nitrogen and oxygen atoms in total.